The standard InChI is InChI=1S/C14H12ClF3N2O2/c1-8-19-10(7-22-8)3-5-13(21)20-12-6-9(14(16,17)18)2-4-11(12)15/h2,4,6-7H,3,5H2,1H3,(H,20,21). The molecule has 0 spiro atoms. The molecule has 0 saturated carbocycles. The van der Waals surface area contributed by atoms with Crippen LogP contribution < -0.4 is 5.32 Å². The molecule has 0 bridgehead atoms. The molecular formula is C14H12ClF3N2O2. The first-order valence-corrected chi connectivity index (χ1v) is 6.71. The van der Waals surface area contributed by atoms with Crippen LogP contribution in [0, 0.1) is 6.92 Å². The van der Waals surface area contributed by atoms with Crippen LogP contribution in [-0.4, -0.2) is 10.9 Å². The number of aromatic nitrogens is 1. The van der Waals surface area contributed by atoms with Crippen LogP contribution in [0.1, 0.15) is 23.6 Å². The molecular weight excluding hydrogens is 321 g/mol. The van der Waals surface area contributed by atoms with Crippen LogP contribution in [0.25, 0.3) is 0 Å². The summed E-state index contributed by atoms with van der Waals surface area (Å²) in [6.07, 6.45) is -2.69. The van der Waals surface area contributed by atoms with Gasteiger partial charge >= 0.3 is 6.18 Å². The summed E-state index contributed by atoms with van der Waals surface area (Å²) in [6.45, 7) is 1.67. The van der Waals surface area contributed by atoms with Gasteiger partial charge in [-0.25, -0.2) is 4.98 Å². The van der Waals surface area contributed by atoms with Crippen LogP contribution in [0.4, 0.5) is 18.9 Å². The van der Waals surface area contributed by atoms with E-state index in [1.165, 1.54) is 6.26 Å². The number of aryl methyl sites for hydroxylation is 2. The fourth-order valence-corrected chi connectivity index (χ4v) is 1.94. The Labute approximate surface area is 129 Å². The monoisotopic (exact) mass is 332 g/mol. The zero-order valence-electron chi connectivity index (χ0n) is 11.5. The van der Waals surface area contributed by atoms with Gasteiger partial charge in [0.05, 0.1) is 22.0 Å². The van der Waals surface area contributed by atoms with Gasteiger partial charge in [-0.15, -0.1) is 0 Å². The van der Waals surface area contributed by atoms with E-state index in [-0.39, 0.29) is 17.1 Å². The Morgan fingerprint density at radius 2 is 2.14 bits per heavy atom. The maximum Gasteiger partial charge on any atom is 0.416 e. The van der Waals surface area contributed by atoms with Crippen molar-refractivity contribution in [3.05, 3.63) is 46.6 Å². The van der Waals surface area contributed by atoms with Crippen molar-refractivity contribution in [2.24, 2.45) is 0 Å². The summed E-state index contributed by atoms with van der Waals surface area (Å²) >= 11 is 5.80. The third kappa shape index (κ3) is 4.24. The van der Waals surface area contributed by atoms with E-state index in [1.54, 1.807) is 6.92 Å². The first kappa shape index (κ1) is 16.4. The lowest BCUT2D eigenvalue weighted by Gasteiger charge is -2.11. The molecule has 8 heteroatoms. The van der Waals surface area contributed by atoms with E-state index >= 15 is 0 Å². The van der Waals surface area contributed by atoms with Crippen molar-refractivity contribution in [1.29, 1.82) is 0 Å². The summed E-state index contributed by atoms with van der Waals surface area (Å²) in [4.78, 5) is 15.8. The average molecular weight is 333 g/mol. The Kier molecular flexibility index (Phi) is 4.75. The van der Waals surface area contributed by atoms with Crippen LogP contribution >= 0.6 is 11.6 Å². The molecule has 0 radical (unpaired) electrons. The summed E-state index contributed by atoms with van der Waals surface area (Å²) in [5, 5.41) is 2.41. The van der Waals surface area contributed by atoms with Crippen molar-refractivity contribution in [2.45, 2.75) is 25.9 Å². The van der Waals surface area contributed by atoms with Crippen molar-refractivity contribution >= 4 is 23.2 Å². The Balaban J connectivity index is 2.01. The summed E-state index contributed by atoms with van der Waals surface area (Å²) in [5.74, 6) is 0.0261. The van der Waals surface area contributed by atoms with Gasteiger partial charge in [0.1, 0.15) is 6.26 Å². The van der Waals surface area contributed by atoms with Gasteiger partial charge in [-0.05, 0) is 18.2 Å². The van der Waals surface area contributed by atoms with Crippen LogP contribution in [0.5, 0.6) is 0 Å². The van der Waals surface area contributed by atoms with E-state index in [0.29, 0.717) is 18.0 Å². The van der Waals surface area contributed by atoms with Gasteiger partial charge in [0.2, 0.25) is 5.91 Å². The number of anilines is 1. The van der Waals surface area contributed by atoms with E-state index in [0.717, 1.165) is 18.2 Å². The number of halogens is 4. The zero-order chi connectivity index (χ0) is 16.3. The highest BCUT2D eigenvalue weighted by atomic mass is 35.5. The number of nitrogens with one attached hydrogen (secondary N) is 1. The fraction of sp³-hybridized carbons (Fsp3) is 0.286. The summed E-state index contributed by atoms with van der Waals surface area (Å²) in [6, 6.07) is 2.76. The minimum atomic E-state index is -4.50. The number of nitrogens with zero attached hydrogens (tertiary/aromatic N) is 1. The quantitative estimate of drug-likeness (QED) is 0.911. The molecule has 1 aromatic heterocycles. The maximum absolute atomic E-state index is 12.6. The van der Waals surface area contributed by atoms with Gasteiger partial charge in [0, 0.05) is 19.8 Å². The molecule has 2 rings (SSSR count). The number of rotatable bonds is 4. The van der Waals surface area contributed by atoms with E-state index in [2.05, 4.69) is 10.3 Å². The normalized spacial score (nSPS) is 11.5. The predicted molar refractivity (Wildman–Crippen MR) is 74.6 cm³/mol. The van der Waals surface area contributed by atoms with Gasteiger partial charge in [0.15, 0.2) is 5.89 Å². The van der Waals surface area contributed by atoms with E-state index < -0.39 is 17.6 Å². The second-order valence-electron chi connectivity index (χ2n) is 4.60. The van der Waals surface area contributed by atoms with Crippen molar-refractivity contribution in [3.8, 4) is 0 Å². The first-order valence-electron chi connectivity index (χ1n) is 6.33. The molecule has 0 fully saturated rings. The molecule has 0 atom stereocenters. The number of benzene rings is 1. The Morgan fingerprint density at radius 1 is 1.41 bits per heavy atom. The van der Waals surface area contributed by atoms with Crippen molar-refractivity contribution in [1.82, 2.24) is 4.98 Å². The molecule has 2 aromatic rings. The number of oxazole rings is 1. The number of hydrogen-bond acceptors (Lipinski definition) is 3. The maximum atomic E-state index is 12.6. The number of carbonyl (C=O) groups is 1. The number of amides is 1. The second-order valence-corrected chi connectivity index (χ2v) is 5.01. The molecule has 0 aliphatic heterocycles. The molecule has 1 N–H and O–H groups in total. The lowest BCUT2D eigenvalue weighted by molar-refractivity contribution is -0.137. The largest absolute Gasteiger partial charge is 0.449 e. The molecule has 0 unspecified atom stereocenters. The number of alkyl halides is 3. The molecule has 0 saturated heterocycles. The van der Waals surface area contributed by atoms with Crippen LogP contribution in [-0.2, 0) is 17.4 Å². The van der Waals surface area contributed by atoms with Gasteiger partial charge < -0.3 is 9.73 Å². The van der Waals surface area contributed by atoms with Crippen molar-refractivity contribution in [3.63, 3.8) is 0 Å². The predicted octanol–water partition coefficient (Wildman–Crippen LogP) is 4.23. The van der Waals surface area contributed by atoms with Crippen LogP contribution in [0.3, 0.4) is 0 Å². The topological polar surface area (TPSA) is 55.1 Å². The Hall–Kier alpha value is -2.02. The third-order valence-corrected chi connectivity index (χ3v) is 3.17. The van der Waals surface area contributed by atoms with Crippen molar-refractivity contribution < 1.29 is 22.4 Å². The zero-order valence-corrected chi connectivity index (χ0v) is 12.3. The SMILES string of the molecule is Cc1nc(CCC(=O)Nc2cc(C(F)(F)F)ccc2Cl)co1. The molecule has 4 nitrogen and oxygen atoms in total. The highest BCUT2D eigenvalue weighted by Crippen LogP contribution is 2.33. The average Bonchev–Trinajstić information content (AvgIpc) is 2.83. The molecule has 0 aliphatic rings. The fourth-order valence-electron chi connectivity index (χ4n) is 1.77. The smallest absolute Gasteiger partial charge is 0.416 e. The Bertz CT molecular complexity index is 683. The summed E-state index contributed by atoms with van der Waals surface area (Å²) in [5.41, 5.74) is -0.347. The molecule has 1 amide bonds. The number of carbonyl (C=O) groups excluding carboxylic acids is 1. The molecule has 0 aliphatic carbocycles. The van der Waals surface area contributed by atoms with Gasteiger partial charge in [-0.2, -0.15) is 13.2 Å². The lowest BCUT2D eigenvalue weighted by Crippen LogP contribution is -2.14. The highest BCUT2D eigenvalue weighted by molar-refractivity contribution is 6.33. The van der Waals surface area contributed by atoms with Crippen LogP contribution in [0.15, 0.2) is 28.9 Å². The number of hydrogen-bond donors (Lipinski definition) is 1. The van der Waals surface area contributed by atoms with E-state index in [4.69, 9.17) is 16.0 Å². The summed E-state index contributed by atoms with van der Waals surface area (Å²) in [7, 11) is 0. The lowest BCUT2D eigenvalue weighted by atomic mass is 10.2. The molecule has 1 aromatic carbocycles. The first-order chi connectivity index (χ1) is 10.3. The Morgan fingerprint density at radius 3 is 2.73 bits per heavy atom. The van der Waals surface area contributed by atoms with E-state index in [1.807, 2.05) is 0 Å². The van der Waals surface area contributed by atoms with E-state index in [9.17, 15) is 18.0 Å². The van der Waals surface area contributed by atoms with Crippen molar-refractivity contribution in [2.75, 3.05) is 5.32 Å². The second kappa shape index (κ2) is 6.39. The highest BCUT2D eigenvalue weighted by Gasteiger charge is 2.31. The third-order valence-electron chi connectivity index (χ3n) is 2.84. The minimum Gasteiger partial charge on any atom is -0.449 e. The van der Waals surface area contributed by atoms with Gasteiger partial charge in [0.25, 0.3) is 0 Å². The van der Waals surface area contributed by atoms with Crippen LogP contribution in [0.2, 0.25) is 5.02 Å². The van der Waals surface area contributed by atoms with Gasteiger partial charge in [-0.3, -0.25) is 4.79 Å². The molecule has 118 valence electrons. The minimum absolute atomic E-state index is 0.0404. The van der Waals surface area contributed by atoms with Gasteiger partial charge in [-0.1, -0.05) is 11.6 Å². The summed E-state index contributed by atoms with van der Waals surface area (Å²) < 4.78 is 42.9. The molecule has 22 heavy (non-hydrogen) atoms. The molecule has 1 heterocycles.